The van der Waals surface area contributed by atoms with Crippen LogP contribution >= 0.6 is 35.0 Å². The molecule has 1 aromatic heterocycles. The first-order valence-corrected chi connectivity index (χ1v) is 11.7. The van der Waals surface area contributed by atoms with Gasteiger partial charge in [0.25, 0.3) is 0 Å². The Bertz CT molecular complexity index is 1260. The second-order valence-corrected chi connectivity index (χ2v) is 9.09. The van der Waals surface area contributed by atoms with Crippen molar-refractivity contribution in [2.75, 3.05) is 11.9 Å². The Balaban J connectivity index is 1.63. The molecule has 0 aliphatic heterocycles. The fraction of sp³-hybridized carbons (Fsp3) is 0.167. The average molecular weight is 486 g/mol. The maximum atomic E-state index is 12.9. The fourth-order valence-corrected chi connectivity index (χ4v) is 4.53. The van der Waals surface area contributed by atoms with Crippen LogP contribution in [-0.2, 0) is 4.79 Å². The van der Waals surface area contributed by atoms with Gasteiger partial charge in [0.05, 0.1) is 38.6 Å². The highest BCUT2D eigenvalue weighted by atomic mass is 35.5. The highest BCUT2D eigenvalue weighted by Gasteiger charge is 2.21. The molecule has 0 radical (unpaired) electrons. The maximum absolute atomic E-state index is 12.9. The number of nitrogens with zero attached hydrogens (tertiary/aromatic N) is 2. The van der Waals surface area contributed by atoms with Gasteiger partial charge in [-0.15, -0.1) is 0 Å². The molecule has 1 atom stereocenters. The Hall–Kier alpha value is -2.67. The molecule has 0 aliphatic carbocycles. The number of para-hydroxylation sites is 2. The zero-order valence-electron chi connectivity index (χ0n) is 17.5. The summed E-state index contributed by atoms with van der Waals surface area (Å²) in [5.41, 5.74) is 3.24. The summed E-state index contributed by atoms with van der Waals surface area (Å²) < 4.78 is 7.61. The molecule has 4 rings (SSSR count). The summed E-state index contributed by atoms with van der Waals surface area (Å²) >= 11 is 13.7. The number of imidazole rings is 1. The van der Waals surface area contributed by atoms with Gasteiger partial charge in [-0.3, -0.25) is 9.36 Å². The Morgan fingerprint density at radius 2 is 1.84 bits per heavy atom. The van der Waals surface area contributed by atoms with Crippen LogP contribution in [0.5, 0.6) is 5.75 Å². The predicted molar refractivity (Wildman–Crippen MR) is 133 cm³/mol. The number of carbonyl (C=O) groups is 1. The van der Waals surface area contributed by atoms with Gasteiger partial charge in [-0.1, -0.05) is 53.2 Å². The Labute approximate surface area is 200 Å². The van der Waals surface area contributed by atoms with Crippen molar-refractivity contribution in [3.05, 3.63) is 76.8 Å². The molecular formula is C24H21Cl2N3O2S. The van der Waals surface area contributed by atoms with E-state index in [0.29, 0.717) is 22.3 Å². The molecule has 32 heavy (non-hydrogen) atoms. The van der Waals surface area contributed by atoms with Crippen LogP contribution in [0.1, 0.15) is 13.8 Å². The largest absolute Gasteiger partial charge is 0.494 e. The molecule has 3 aromatic carbocycles. The number of aromatic nitrogens is 2. The SMILES string of the molecule is CCOc1ccc(-n2c(S[C@H](C)C(=O)Nc3cccc(Cl)c3Cl)nc3ccccc32)cc1. The lowest BCUT2D eigenvalue weighted by molar-refractivity contribution is -0.115. The lowest BCUT2D eigenvalue weighted by Crippen LogP contribution is -2.23. The van der Waals surface area contributed by atoms with Crippen LogP contribution in [0.3, 0.4) is 0 Å². The molecule has 0 unspecified atom stereocenters. The predicted octanol–water partition coefficient (Wildman–Crippen LogP) is 6.85. The van der Waals surface area contributed by atoms with Gasteiger partial charge >= 0.3 is 0 Å². The number of hydrogen-bond acceptors (Lipinski definition) is 4. The number of halogens is 2. The van der Waals surface area contributed by atoms with Gasteiger partial charge in [-0.25, -0.2) is 4.98 Å². The van der Waals surface area contributed by atoms with Gasteiger partial charge < -0.3 is 10.1 Å². The van der Waals surface area contributed by atoms with E-state index in [1.165, 1.54) is 11.8 Å². The van der Waals surface area contributed by atoms with Crippen LogP contribution < -0.4 is 10.1 Å². The number of fused-ring (bicyclic) bond motifs is 1. The molecule has 0 bridgehead atoms. The first kappa shape index (κ1) is 22.5. The van der Waals surface area contributed by atoms with Crippen molar-refractivity contribution in [3.8, 4) is 11.4 Å². The third-order valence-electron chi connectivity index (χ3n) is 4.80. The van der Waals surface area contributed by atoms with Crippen molar-refractivity contribution in [3.63, 3.8) is 0 Å². The van der Waals surface area contributed by atoms with E-state index in [0.717, 1.165) is 27.6 Å². The molecular weight excluding hydrogens is 465 g/mol. The quantitative estimate of drug-likeness (QED) is 0.290. The van der Waals surface area contributed by atoms with Gasteiger partial charge in [0.2, 0.25) is 5.91 Å². The summed E-state index contributed by atoms with van der Waals surface area (Å²) in [5.74, 6) is 0.616. The number of hydrogen-bond donors (Lipinski definition) is 1. The highest BCUT2D eigenvalue weighted by molar-refractivity contribution is 8.00. The maximum Gasteiger partial charge on any atom is 0.237 e. The van der Waals surface area contributed by atoms with E-state index in [2.05, 4.69) is 5.32 Å². The van der Waals surface area contributed by atoms with Gasteiger partial charge in [0.15, 0.2) is 5.16 Å². The van der Waals surface area contributed by atoms with Crippen molar-refractivity contribution in [1.29, 1.82) is 0 Å². The van der Waals surface area contributed by atoms with Crippen molar-refractivity contribution in [2.45, 2.75) is 24.3 Å². The summed E-state index contributed by atoms with van der Waals surface area (Å²) in [6.45, 7) is 4.40. The summed E-state index contributed by atoms with van der Waals surface area (Å²) in [6.07, 6.45) is 0. The van der Waals surface area contributed by atoms with E-state index < -0.39 is 5.25 Å². The van der Waals surface area contributed by atoms with Crippen molar-refractivity contribution < 1.29 is 9.53 Å². The van der Waals surface area contributed by atoms with Gasteiger partial charge in [0.1, 0.15) is 5.75 Å². The van der Waals surface area contributed by atoms with Crippen LogP contribution in [-0.4, -0.2) is 27.3 Å². The van der Waals surface area contributed by atoms with E-state index in [1.807, 2.05) is 66.9 Å². The molecule has 1 heterocycles. The minimum atomic E-state index is -0.427. The first-order valence-electron chi connectivity index (χ1n) is 10.1. The number of anilines is 1. The zero-order chi connectivity index (χ0) is 22.7. The number of amides is 1. The summed E-state index contributed by atoms with van der Waals surface area (Å²) in [7, 11) is 0. The molecule has 0 spiro atoms. The number of benzene rings is 3. The lowest BCUT2D eigenvalue weighted by Gasteiger charge is -2.15. The van der Waals surface area contributed by atoms with E-state index in [4.69, 9.17) is 32.9 Å². The van der Waals surface area contributed by atoms with Crippen LogP contribution in [0.25, 0.3) is 16.7 Å². The minimum absolute atomic E-state index is 0.190. The number of ether oxygens (including phenoxy) is 1. The molecule has 0 aliphatic rings. The van der Waals surface area contributed by atoms with E-state index >= 15 is 0 Å². The summed E-state index contributed by atoms with van der Waals surface area (Å²) in [4.78, 5) is 17.6. The number of nitrogens with one attached hydrogen (secondary N) is 1. The molecule has 1 N–H and O–H groups in total. The van der Waals surface area contributed by atoms with Crippen molar-refractivity contribution in [2.24, 2.45) is 0 Å². The molecule has 1 amide bonds. The first-order chi connectivity index (χ1) is 15.5. The summed E-state index contributed by atoms with van der Waals surface area (Å²) in [5, 5.41) is 3.86. The van der Waals surface area contributed by atoms with Crippen molar-refractivity contribution >= 4 is 57.6 Å². The normalized spacial score (nSPS) is 12.0. The van der Waals surface area contributed by atoms with Crippen LogP contribution in [0.4, 0.5) is 5.69 Å². The Morgan fingerprint density at radius 3 is 2.59 bits per heavy atom. The second kappa shape index (κ2) is 9.86. The van der Waals surface area contributed by atoms with Crippen LogP contribution in [0, 0.1) is 0 Å². The topological polar surface area (TPSA) is 56.1 Å². The molecule has 0 saturated heterocycles. The second-order valence-electron chi connectivity index (χ2n) is 7.00. The third-order valence-corrected chi connectivity index (χ3v) is 6.67. The lowest BCUT2D eigenvalue weighted by atomic mass is 10.2. The van der Waals surface area contributed by atoms with E-state index in [-0.39, 0.29) is 5.91 Å². The molecule has 0 fully saturated rings. The molecule has 164 valence electrons. The van der Waals surface area contributed by atoms with Gasteiger partial charge in [0, 0.05) is 5.69 Å². The number of carbonyl (C=O) groups excluding carboxylic acids is 1. The molecule has 0 saturated carbocycles. The fourth-order valence-electron chi connectivity index (χ4n) is 3.24. The Morgan fingerprint density at radius 1 is 1.09 bits per heavy atom. The van der Waals surface area contributed by atoms with E-state index in [9.17, 15) is 4.79 Å². The number of thioether (sulfide) groups is 1. The summed E-state index contributed by atoms with van der Waals surface area (Å²) in [6, 6.07) is 20.9. The van der Waals surface area contributed by atoms with Crippen LogP contribution in [0.15, 0.2) is 71.9 Å². The smallest absolute Gasteiger partial charge is 0.237 e. The molecule has 4 aromatic rings. The Kier molecular flexibility index (Phi) is 6.94. The highest BCUT2D eigenvalue weighted by Crippen LogP contribution is 2.33. The zero-order valence-corrected chi connectivity index (χ0v) is 19.8. The number of rotatable bonds is 7. The average Bonchev–Trinajstić information content (AvgIpc) is 3.15. The molecule has 5 nitrogen and oxygen atoms in total. The van der Waals surface area contributed by atoms with Gasteiger partial charge in [-0.2, -0.15) is 0 Å². The standard InChI is InChI=1S/C24H21Cl2N3O2S/c1-3-31-17-13-11-16(12-14-17)29-21-10-5-4-8-19(21)28-24(29)32-15(2)23(30)27-20-9-6-7-18(25)22(20)26/h4-15H,3H2,1-2H3,(H,27,30)/t15-/m1/s1. The third kappa shape index (κ3) is 4.72. The van der Waals surface area contributed by atoms with E-state index in [1.54, 1.807) is 18.2 Å². The van der Waals surface area contributed by atoms with Crippen molar-refractivity contribution in [1.82, 2.24) is 9.55 Å². The van der Waals surface area contributed by atoms with Crippen LogP contribution in [0.2, 0.25) is 10.0 Å². The molecule has 8 heteroatoms. The van der Waals surface area contributed by atoms with Gasteiger partial charge in [-0.05, 0) is 62.4 Å². The monoisotopic (exact) mass is 485 g/mol. The minimum Gasteiger partial charge on any atom is -0.494 e.